The maximum absolute atomic E-state index is 12.0. The Morgan fingerprint density at radius 2 is 1.91 bits per heavy atom. The van der Waals surface area contributed by atoms with Crippen LogP contribution < -0.4 is 16.0 Å². The third kappa shape index (κ3) is 5.79. The molecule has 1 heterocycles. The first-order chi connectivity index (χ1) is 10.4. The Morgan fingerprint density at radius 3 is 2.45 bits per heavy atom. The molecule has 1 aromatic heterocycles. The highest BCUT2D eigenvalue weighted by molar-refractivity contribution is 5.84. The average molecular weight is 307 g/mol. The molecule has 0 aliphatic rings. The molecule has 0 radical (unpaired) electrons. The lowest BCUT2D eigenvalue weighted by Gasteiger charge is -2.24. The van der Waals surface area contributed by atoms with Crippen LogP contribution in [0.5, 0.6) is 0 Å². The van der Waals surface area contributed by atoms with Crippen LogP contribution >= 0.6 is 0 Å². The third-order valence-electron chi connectivity index (χ3n) is 3.31. The molecule has 1 aromatic rings. The van der Waals surface area contributed by atoms with Crippen molar-refractivity contribution in [1.82, 2.24) is 20.5 Å². The number of guanidine groups is 1. The number of aromatic nitrogens is 1. The molecule has 6 heteroatoms. The van der Waals surface area contributed by atoms with Gasteiger partial charge in [0.25, 0.3) is 0 Å². The molecule has 0 aliphatic carbocycles. The van der Waals surface area contributed by atoms with Crippen LogP contribution in [-0.4, -0.2) is 36.1 Å². The normalized spacial score (nSPS) is 12.1. The van der Waals surface area contributed by atoms with Gasteiger partial charge in [0.15, 0.2) is 5.96 Å². The largest absolute Gasteiger partial charge is 0.357 e. The van der Waals surface area contributed by atoms with E-state index in [2.05, 4.69) is 20.9 Å². The Kier molecular flexibility index (Phi) is 6.95. The number of nitrogens with one attached hydrogen (secondary N) is 3. The first kappa shape index (κ1) is 18.1. The predicted molar refractivity (Wildman–Crippen MR) is 90.7 cm³/mol. The monoisotopic (exact) mass is 307 g/mol. The van der Waals surface area contributed by atoms with Gasteiger partial charge in [-0.3, -0.25) is 4.79 Å². The first-order valence-corrected chi connectivity index (χ1v) is 7.80. The summed E-state index contributed by atoms with van der Waals surface area (Å²) in [4.78, 5) is 16.6. The van der Waals surface area contributed by atoms with E-state index in [9.17, 15) is 4.79 Å². The summed E-state index contributed by atoms with van der Waals surface area (Å²) in [5.41, 5.74) is 0.668. The minimum Gasteiger partial charge on any atom is -0.357 e. The van der Waals surface area contributed by atoms with Gasteiger partial charge in [0.1, 0.15) is 0 Å². The van der Waals surface area contributed by atoms with Gasteiger partial charge in [-0.2, -0.15) is 0 Å². The van der Waals surface area contributed by atoms with E-state index in [1.807, 2.05) is 57.8 Å². The fourth-order valence-electron chi connectivity index (χ4n) is 1.95. The average Bonchev–Trinajstić information content (AvgIpc) is 2.88. The van der Waals surface area contributed by atoms with Crippen LogP contribution in [0.25, 0.3) is 0 Å². The maximum Gasteiger partial charge on any atom is 0.227 e. The molecule has 0 unspecified atom stereocenters. The van der Waals surface area contributed by atoms with Gasteiger partial charge in [-0.15, -0.1) is 0 Å². The zero-order chi connectivity index (χ0) is 16.6. The van der Waals surface area contributed by atoms with E-state index in [1.54, 1.807) is 0 Å². The summed E-state index contributed by atoms with van der Waals surface area (Å²) in [5.74, 6) is 0.769. The highest BCUT2D eigenvalue weighted by atomic mass is 16.2. The molecule has 0 aromatic carbocycles. The van der Waals surface area contributed by atoms with Crippen LogP contribution in [0, 0.1) is 5.41 Å². The predicted octanol–water partition coefficient (Wildman–Crippen LogP) is 1.24. The van der Waals surface area contributed by atoms with Gasteiger partial charge in [-0.25, -0.2) is 4.99 Å². The van der Waals surface area contributed by atoms with E-state index in [4.69, 9.17) is 0 Å². The van der Waals surface area contributed by atoms with Crippen molar-refractivity contribution in [3.8, 4) is 0 Å². The number of carbonyl (C=O) groups is 1. The summed E-state index contributed by atoms with van der Waals surface area (Å²) in [5, 5.41) is 9.31. The topological polar surface area (TPSA) is 70.5 Å². The molecular formula is C16H29N5O. The van der Waals surface area contributed by atoms with E-state index >= 15 is 0 Å². The molecule has 0 fully saturated rings. The summed E-state index contributed by atoms with van der Waals surface area (Å²) in [6.07, 6.45) is 4.05. The van der Waals surface area contributed by atoms with E-state index in [-0.39, 0.29) is 5.91 Å². The smallest absolute Gasteiger partial charge is 0.227 e. The van der Waals surface area contributed by atoms with Crippen molar-refractivity contribution >= 4 is 11.9 Å². The number of aryl methyl sites for hydroxylation is 1. The Labute approximate surface area is 133 Å². The van der Waals surface area contributed by atoms with Crippen LogP contribution in [0.4, 0.5) is 0 Å². The maximum atomic E-state index is 12.0. The second kappa shape index (κ2) is 8.46. The number of aliphatic imine (C=N–C) groups is 1. The fraction of sp³-hybridized carbons (Fsp3) is 0.625. The summed E-state index contributed by atoms with van der Waals surface area (Å²) < 4.78 is 2.00. The van der Waals surface area contributed by atoms with Crippen molar-refractivity contribution in [2.24, 2.45) is 17.5 Å². The molecule has 22 heavy (non-hydrogen) atoms. The van der Waals surface area contributed by atoms with Crippen LogP contribution in [0.3, 0.4) is 0 Å². The lowest BCUT2D eigenvalue weighted by molar-refractivity contribution is -0.128. The number of rotatable bonds is 7. The first-order valence-electron chi connectivity index (χ1n) is 7.80. The summed E-state index contributed by atoms with van der Waals surface area (Å²) in [6.45, 7) is 10.4. The highest BCUT2D eigenvalue weighted by Gasteiger charge is 2.27. The van der Waals surface area contributed by atoms with Crippen molar-refractivity contribution in [3.05, 3.63) is 24.0 Å². The Morgan fingerprint density at radius 1 is 1.23 bits per heavy atom. The lowest BCUT2D eigenvalue weighted by atomic mass is 9.92. The number of carbonyl (C=O) groups excluding carboxylic acids is 1. The summed E-state index contributed by atoms with van der Waals surface area (Å²) >= 11 is 0. The zero-order valence-electron chi connectivity index (χ0n) is 14.4. The van der Waals surface area contributed by atoms with Crippen LogP contribution in [-0.2, 0) is 18.4 Å². The molecule has 0 saturated heterocycles. The molecule has 0 atom stereocenters. The van der Waals surface area contributed by atoms with E-state index < -0.39 is 5.41 Å². The molecule has 1 amide bonds. The standard InChI is InChI=1S/C16H29N5O/c1-6-17-14(22)16(3,4)12-20-15(18-7-2)19-10-13-8-9-21(5)11-13/h8-9,11H,6-7,10,12H2,1-5H3,(H,17,22)(H2,18,19,20). The molecule has 0 bridgehead atoms. The van der Waals surface area contributed by atoms with Gasteiger partial charge < -0.3 is 20.5 Å². The number of nitrogens with zero attached hydrogens (tertiary/aromatic N) is 2. The summed E-state index contributed by atoms with van der Waals surface area (Å²) in [6, 6.07) is 2.05. The highest BCUT2D eigenvalue weighted by Crippen LogP contribution is 2.13. The Bertz CT molecular complexity index is 504. The van der Waals surface area contributed by atoms with E-state index in [1.165, 1.54) is 0 Å². The van der Waals surface area contributed by atoms with Crippen LogP contribution in [0.2, 0.25) is 0 Å². The molecule has 124 valence electrons. The molecule has 0 saturated carbocycles. The molecule has 0 aliphatic heterocycles. The van der Waals surface area contributed by atoms with Gasteiger partial charge in [-0.05, 0) is 39.3 Å². The molecule has 1 rings (SSSR count). The molecule has 6 nitrogen and oxygen atoms in total. The SMILES string of the molecule is CCNC(=O)C(C)(C)CNC(=NCc1ccn(C)c1)NCC. The zero-order valence-corrected chi connectivity index (χ0v) is 14.4. The minimum absolute atomic E-state index is 0.0430. The van der Waals surface area contributed by atoms with E-state index in [0.717, 1.165) is 18.1 Å². The van der Waals surface area contributed by atoms with Gasteiger partial charge in [0.2, 0.25) is 5.91 Å². The summed E-state index contributed by atoms with van der Waals surface area (Å²) in [7, 11) is 1.99. The van der Waals surface area contributed by atoms with Crippen LogP contribution in [0.1, 0.15) is 33.3 Å². The number of hydrogen-bond donors (Lipinski definition) is 3. The number of hydrogen-bond acceptors (Lipinski definition) is 2. The fourth-order valence-corrected chi connectivity index (χ4v) is 1.95. The van der Waals surface area contributed by atoms with Gasteiger partial charge in [0, 0.05) is 39.1 Å². The van der Waals surface area contributed by atoms with Crippen molar-refractivity contribution < 1.29 is 4.79 Å². The molecule has 0 spiro atoms. The second-order valence-electron chi connectivity index (χ2n) is 5.98. The molecular weight excluding hydrogens is 278 g/mol. The van der Waals surface area contributed by atoms with Crippen molar-refractivity contribution in [2.45, 2.75) is 34.2 Å². The van der Waals surface area contributed by atoms with Crippen molar-refractivity contribution in [2.75, 3.05) is 19.6 Å². The van der Waals surface area contributed by atoms with E-state index in [0.29, 0.717) is 19.6 Å². The second-order valence-corrected chi connectivity index (χ2v) is 5.98. The Balaban J connectivity index is 2.61. The minimum atomic E-state index is -0.487. The third-order valence-corrected chi connectivity index (χ3v) is 3.31. The van der Waals surface area contributed by atoms with Crippen molar-refractivity contribution in [1.29, 1.82) is 0 Å². The quantitative estimate of drug-likeness (QED) is 0.524. The van der Waals surface area contributed by atoms with Gasteiger partial charge >= 0.3 is 0 Å². The van der Waals surface area contributed by atoms with Gasteiger partial charge in [0.05, 0.1) is 12.0 Å². The van der Waals surface area contributed by atoms with Crippen LogP contribution in [0.15, 0.2) is 23.5 Å². The molecule has 3 N–H and O–H groups in total. The lowest BCUT2D eigenvalue weighted by Crippen LogP contribution is -2.47. The Hall–Kier alpha value is -1.98. The van der Waals surface area contributed by atoms with Gasteiger partial charge in [-0.1, -0.05) is 0 Å². The number of amides is 1. The van der Waals surface area contributed by atoms with Crippen molar-refractivity contribution in [3.63, 3.8) is 0 Å².